The van der Waals surface area contributed by atoms with E-state index in [1.54, 1.807) is 14.2 Å². The quantitative estimate of drug-likeness (QED) is 0.591. The molecule has 1 unspecified atom stereocenters. The molecule has 1 fully saturated rings. The maximum absolute atomic E-state index is 5.67. The molecule has 0 amide bonds. The zero-order chi connectivity index (χ0) is 21.9. The molecule has 32 heavy (non-hydrogen) atoms. The highest BCUT2D eigenvalue weighted by Gasteiger charge is 2.31. The minimum atomic E-state index is 0.364. The lowest BCUT2D eigenvalue weighted by molar-refractivity contribution is 0.0423. The Kier molecular flexibility index (Phi) is 6.32. The Morgan fingerprint density at radius 1 is 1.16 bits per heavy atom. The third kappa shape index (κ3) is 4.21. The van der Waals surface area contributed by atoms with Crippen molar-refractivity contribution in [1.82, 2.24) is 14.9 Å². The molecule has 6 nitrogen and oxygen atoms in total. The first-order chi connectivity index (χ1) is 15.8. The van der Waals surface area contributed by atoms with E-state index < -0.39 is 0 Å². The number of hydrogen-bond acceptors (Lipinski definition) is 5. The van der Waals surface area contributed by atoms with Gasteiger partial charge in [-0.2, -0.15) is 0 Å². The fourth-order valence-electron chi connectivity index (χ4n) is 5.41. The van der Waals surface area contributed by atoms with Crippen molar-refractivity contribution in [3.8, 4) is 11.5 Å². The number of nitrogens with one attached hydrogen (secondary N) is 1. The summed E-state index contributed by atoms with van der Waals surface area (Å²) in [5.74, 6) is 2.36. The molecule has 1 N–H and O–H groups in total. The number of aryl methyl sites for hydroxylation is 1. The molecule has 0 saturated carbocycles. The first-order valence-electron chi connectivity index (χ1n) is 11.7. The fraction of sp³-hybridized carbons (Fsp3) is 0.500. The van der Waals surface area contributed by atoms with Crippen molar-refractivity contribution in [2.24, 2.45) is 5.92 Å². The molecule has 1 atom stereocenters. The number of fused-ring (bicyclic) bond motifs is 2. The SMILES string of the molecule is COc1cc2c(cc1OC)C(CCc1c[nH]c3ncccc13)N(CC1CCOCC1)CC2. The van der Waals surface area contributed by atoms with Crippen LogP contribution in [0.4, 0.5) is 0 Å². The van der Waals surface area contributed by atoms with E-state index in [4.69, 9.17) is 14.2 Å². The van der Waals surface area contributed by atoms with Crippen LogP contribution in [0.1, 0.15) is 42.0 Å². The predicted octanol–water partition coefficient (Wildman–Crippen LogP) is 4.54. The second-order valence-electron chi connectivity index (χ2n) is 8.97. The zero-order valence-electron chi connectivity index (χ0n) is 19.1. The molecule has 0 spiro atoms. The Hall–Kier alpha value is -2.57. The Morgan fingerprint density at radius 3 is 2.78 bits per heavy atom. The van der Waals surface area contributed by atoms with Crippen molar-refractivity contribution < 1.29 is 14.2 Å². The monoisotopic (exact) mass is 435 g/mol. The molecular formula is C26H33N3O3. The molecule has 5 rings (SSSR count). The second-order valence-corrected chi connectivity index (χ2v) is 8.97. The zero-order valence-corrected chi connectivity index (χ0v) is 19.1. The highest BCUT2D eigenvalue weighted by Crippen LogP contribution is 2.40. The highest BCUT2D eigenvalue weighted by atomic mass is 16.5. The first kappa shape index (κ1) is 21.3. The Morgan fingerprint density at radius 2 is 1.97 bits per heavy atom. The summed E-state index contributed by atoms with van der Waals surface area (Å²) < 4.78 is 16.9. The number of hydrogen-bond donors (Lipinski definition) is 1. The Balaban J connectivity index is 1.44. The van der Waals surface area contributed by atoms with Crippen LogP contribution in [-0.2, 0) is 17.6 Å². The van der Waals surface area contributed by atoms with Gasteiger partial charge in [0.05, 0.1) is 14.2 Å². The van der Waals surface area contributed by atoms with E-state index in [0.717, 1.165) is 75.6 Å². The maximum Gasteiger partial charge on any atom is 0.161 e. The van der Waals surface area contributed by atoms with E-state index in [2.05, 4.69) is 39.3 Å². The molecule has 0 radical (unpaired) electrons. The van der Waals surface area contributed by atoms with Crippen molar-refractivity contribution in [2.45, 2.75) is 38.1 Å². The predicted molar refractivity (Wildman–Crippen MR) is 126 cm³/mol. The molecule has 1 saturated heterocycles. The van der Waals surface area contributed by atoms with Crippen LogP contribution in [0, 0.1) is 5.92 Å². The average molecular weight is 436 g/mol. The number of pyridine rings is 1. The van der Waals surface area contributed by atoms with Gasteiger partial charge < -0.3 is 19.2 Å². The summed E-state index contributed by atoms with van der Waals surface area (Å²) in [6.45, 7) is 4.01. The lowest BCUT2D eigenvalue weighted by Crippen LogP contribution is -2.40. The van der Waals surface area contributed by atoms with Crippen LogP contribution in [-0.4, -0.2) is 55.4 Å². The van der Waals surface area contributed by atoms with Gasteiger partial charge in [-0.05, 0) is 79.0 Å². The number of ether oxygens (including phenoxy) is 3. The summed E-state index contributed by atoms with van der Waals surface area (Å²) in [4.78, 5) is 10.5. The summed E-state index contributed by atoms with van der Waals surface area (Å²) in [6.07, 6.45) is 9.41. The fourth-order valence-corrected chi connectivity index (χ4v) is 5.41. The van der Waals surface area contributed by atoms with Gasteiger partial charge in [0.15, 0.2) is 11.5 Å². The standard InChI is InChI=1S/C26H33N3O3/c1-30-24-14-19-7-11-29(17-18-8-12-32-13-9-18)23(22(19)15-25(24)31-2)6-5-20-16-28-26-21(20)4-3-10-27-26/h3-4,10,14-16,18,23H,5-9,11-13,17H2,1-2H3,(H,27,28). The van der Waals surface area contributed by atoms with Gasteiger partial charge in [0.25, 0.3) is 0 Å². The minimum absolute atomic E-state index is 0.364. The number of benzene rings is 1. The summed E-state index contributed by atoms with van der Waals surface area (Å²) >= 11 is 0. The molecule has 2 aliphatic heterocycles. The van der Waals surface area contributed by atoms with Crippen LogP contribution in [0.5, 0.6) is 11.5 Å². The summed E-state index contributed by atoms with van der Waals surface area (Å²) in [7, 11) is 3.44. The van der Waals surface area contributed by atoms with Gasteiger partial charge in [-0.25, -0.2) is 4.98 Å². The number of methoxy groups -OCH3 is 2. The number of aromatic amines is 1. The third-order valence-electron chi connectivity index (χ3n) is 7.17. The van der Waals surface area contributed by atoms with E-state index in [0.29, 0.717) is 12.0 Å². The van der Waals surface area contributed by atoms with Crippen molar-refractivity contribution in [3.05, 3.63) is 53.3 Å². The molecule has 3 aromatic rings. The average Bonchev–Trinajstić information content (AvgIpc) is 3.26. The van der Waals surface area contributed by atoms with E-state index in [1.165, 1.54) is 22.1 Å². The molecule has 0 aliphatic carbocycles. The van der Waals surface area contributed by atoms with Gasteiger partial charge in [0.2, 0.25) is 0 Å². The van der Waals surface area contributed by atoms with Crippen LogP contribution >= 0.6 is 0 Å². The Labute approximate surface area is 189 Å². The van der Waals surface area contributed by atoms with Crippen LogP contribution in [0.3, 0.4) is 0 Å². The molecule has 6 heteroatoms. The minimum Gasteiger partial charge on any atom is -0.493 e. The van der Waals surface area contributed by atoms with Gasteiger partial charge in [0.1, 0.15) is 5.65 Å². The first-order valence-corrected chi connectivity index (χ1v) is 11.7. The van der Waals surface area contributed by atoms with E-state index in [-0.39, 0.29) is 0 Å². The van der Waals surface area contributed by atoms with Crippen LogP contribution in [0.25, 0.3) is 11.0 Å². The van der Waals surface area contributed by atoms with Crippen molar-refractivity contribution in [1.29, 1.82) is 0 Å². The molecule has 2 aliphatic rings. The van der Waals surface area contributed by atoms with E-state index in [1.807, 2.05) is 12.3 Å². The topological polar surface area (TPSA) is 59.6 Å². The number of aromatic nitrogens is 2. The van der Waals surface area contributed by atoms with Gasteiger partial charge in [-0.1, -0.05) is 0 Å². The van der Waals surface area contributed by atoms with E-state index >= 15 is 0 Å². The smallest absolute Gasteiger partial charge is 0.161 e. The van der Waals surface area contributed by atoms with Gasteiger partial charge in [-0.15, -0.1) is 0 Å². The molecule has 170 valence electrons. The van der Waals surface area contributed by atoms with E-state index in [9.17, 15) is 0 Å². The van der Waals surface area contributed by atoms with Gasteiger partial charge >= 0.3 is 0 Å². The normalized spacial score (nSPS) is 19.8. The molecule has 4 heterocycles. The highest BCUT2D eigenvalue weighted by molar-refractivity contribution is 5.79. The van der Waals surface area contributed by atoms with Crippen LogP contribution in [0.2, 0.25) is 0 Å². The Bertz CT molecular complexity index is 1060. The number of rotatable bonds is 7. The maximum atomic E-state index is 5.67. The van der Waals surface area contributed by atoms with Crippen LogP contribution in [0.15, 0.2) is 36.7 Å². The lowest BCUT2D eigenvalue weighted by Gasteiger charge is -2.40. The third-order valence-corrected chi connectivity index (χ3v) is 7.17. The number of nitrogens with zero attached hydrogens (tertiary/aromatic N) is 2. The molecule has 0 bridgehead atoms. The molecule has 2 aromatic heterocycles. The summed E-state index contributed by atoms with van der Waals surface area (Å²) in [5, 5.41) is 1.23. The molecule has 1 aromatic carbocycles. The summed E-state index contributed by atoms with van der Waals surface area (Å²) in [5.41, 5.74) is 5.08. The second kappa shape index (κ2) is 9.51. The lowest BCUT2D eigenvalue weighted by atomic mass is 9.87. The van der Waals surface area contributed by atoms with Crippen molar-refractivity contribution >= 4 is 11.0 Å². The number of H-pyrrole nitrogens is 1. The van der Waals surface area contributed by atoms with Crippen molar-refractivity contribution in [2.75, 3.05) is 40.5 Å². The van der Waals surface area contributed by atoms with Gasteiger partial charge in [-0.3, -0.25) is 4.90 Å². The summed E-state index contributed by atoms with van der Waals surface area (Å²) in [6, 6.07) is 8.94. The molecular weight excluding hydrogens is 402 g/mol. The van der Waals surface area contributed by atoms with Gasteiger partial charge in [0, 0.05) is 50.1 Å². The van der Waals surface area contributed by atoms with Crippen LogP contribution < -0.4 is 9.47 Å². The largest absolute Gasteiger partial charge is 0.493 e. The van der Waals surface area contributed by atoms with Crippen molar-refractivity contribution in [3.63, 3.8) is 0 Å².